The molecule has 1 rings (SSSR count). The van der Waals surface area contributed by atoms with Crippen LogP contribution in [0, 0.1) is 0 Å². The summed E-state index contributed by atoms with van der Waals surface area (Å²) in [4.78, 5) is 0. The highest BCUT2D eigenvalue weighted by atomic mass is 15.4. The minimum Gasteiger partial charge on any atom is -0.311 e. The molecule has 17 heavy (non-hydrogen) atoms. The Bertz CT molecular complexity index is 311. The van der Waals surface area contributed by atoms with Gasteiger partial charge in [0.05, 0.1) is 17.4 Å². The molecular weight excluding hydrogens is 212 g/mol. The maximum absolute atomic E-state index is 4.17. The minimum absolute atomic E-state index is 0.0202. The molecule has 4 heteroatoms. The molecule has 4 nitrogen and oxygen atoms in total. The monoisotopic (exact) mass is 238 g/mol. The zero-order valence-corrected chi connectivity index (χ0v) is 11.7. The Labute approximate surface area is 105 Å². The fourth-order valence-corrected chi connectivity index (χ4v) is 1.60. The molecule has 0 saturated heterocycles. The van der Waals surface area contributed by atoms with Gasteiger partial charge in [0.25, 0.3) is 0 Å². The van der Waals surface area contributed by atoms with E-state index in [9.17, 15) is 0 Å². The van der Waals surface area contributed by atoms with Gasteiger partial charge in [-0.2, -0.15) is 0 Å². The molecular formula is C13H26N4. The van der Waals surface area contributed by atoms with Gasteiger partial charge in [-0.3, -0.25) is 0 Å². The van der Waals surface area contributed by atoms with E-state index in [1.54, 1.807) is 0 Å². The molecule has 0 aliphatic heterocycles. The summed E-state index contributed by atoms with van der Waals surface area (Å²) in [6.45, 7) is 10.5. The molecule has 0 aromatic carbocycles. The molecule has 1 heterocycles. The fraction of sp³-hybridized carbons (Fsp3) is 0.846. The van der Waals surface area contributed by atoms with Crippen molar-refractivity contribution in [3.8, 4) is 0 Å². The number of aromatic nitrogens is 3. The summed E-state index contributed by atoms with van der Waals surface area (Å²) in [6.07, 6.45) is 7.22. The molecule has 1 aromatic rings. The molecule has 0 atom stereocenters. The van der Waals surface area contributed by atoms with Crippen molar-refractivity contribution in [1.82, 2.24) is 20.3 Å². The first-order chi connectivity index (χ1) is 8.04. The standard InChI is InChI=1S/C13H26N4/c1-5-6-7-8-9-14-10-12-11-17(16-15-12)13(2,3)4/h11,14H,5-10H2,1-4H3. The maximum Gasteiger partial charge on any atom is 0.0965 e. The van der Waals surface area contributed by atoms with E-state index >= 15 is 0 Å². The topological polar surface area (TPSA) is 42.7 Å². The van der Waals surface area contributed by atoms with Crippen molar-refractivity contribution in [2.24, 2.45) is 0 Å². The summed E-state index contributed by atoms with van der Waals surface area (Å²) in [6, 6.07) is 0. The van der Waals surface area contributed by atoms with Gasteiger partial charge in [0.2, 0.25) is 0 Å². The van der Waals surface area contributed by atoms with Gasteiger partial charge in [-0.1, -0.05) is 31.4 Å². The Hall–Kier alpha value is -0.900. The Morgan fingerprint density at radius 3 is 2.59 bits per heavy atom. The van der Waals surface area contributed by atoms with Crippen LogP contribution in [0.2, 0.25) is 0 Å². The summed E-state index contributed by atoms with van der Waals surface area (Å²) in [7, 11) is 0. The van der Waals surface area contributed by atoms with E-state index in [1.165, 1.54) is 25.7 Å². The zero-order valence-electron chi connectivity index (χ0n) is 11.7. The van der Waals surface area contributed by atoms with E-state index in [4.69, 9.17) is 0 Å². The number of hydrogen-bond donors (Lipinski definition) is 1. The smallest absolute Gasteiger partial charge is 0.0965 e. The van der Waals surface area contributed by atoms with Gasteiger partial charge in [0, 0.05) is 6.54 Å². The highest BCUT2D eigenvalue weighted by molar-refractivity contribution is 4.93. The second-order valence-corrected chi connectivity index (χ2v) is 5.56. The van der Waals surface area contributed by atoms with Gasteiger partial charge in [0.1, 0.15) is 0 Å². The van der Waals surface area contributed by atoms with E-state index in [0.717, 1.165) is 18.8 Å². The minimum atomic E-state index is 0.0202. The van der Waals surface area contributed by atoms with Gasteiger partial charge >= 0.3 is 0 Å². The molecule has 1 N–H and O–H groups in total. The van der Waals surface area contributed by atoms with E-state index < -0.39 is 0 Å². The predicted molar refractivity (Wildman–Crippen MR) is 70.9 cm³/mol. The van der Waals surface area contributed by atoms with Gasteiger partial charge in [0.15, 0.2) is 0 Å². The van der Waals surface area contributed by atoms with E-state index in [0.29, 0.717) is 0 Å². The summed E-state index contributed by atoms with van der Waals surface area (Å²) in [5.41, 5.74) is 1.04. The number of nitrogens with one attached hydrogen (secondary N) is 1. The van der Waals surface area contributed by atoms with Crippen LogP contribution in [0.4, 0.5) is 0 Å². The third-order valence-electron chi connectivity index (χ3n) is 2.74. The van der Waals surface area contributed by atoms with Crippen molar-refractivity contribution >= 4 is 0 Å². The van der Waals surface area contributed by atoms with Crippen LogP contribution in [0.1, 0.15) is 59.1 Å². The van der Waals surface area contributed by atoms with Crippen molar-refractivity contribution in [3.05, 3.63) is 11.9 Å². The highest BCUT2D eigenvalue weighted by Crippen LogP contribution is 2.11. The predicted octanol–water partition coefficient (Wildman–Crippen LogP) is 2.70. The molecule has 0 saturated carbocycles. The van der Waals surface area contributed by atoms with Gasteiger partial charge in [-0.15, -0.1) is 5.10 Å². The van der Waals surface area contributed by atoms with Crippen LogP contribution in [-0.2, 0) is 12.1 Å². The van der Waals surface area contributed by atoms with Crippen LogP contribution >= 0.6 is 0 Å². The zero-order chi connectivity index (χ0) is 12.7. The molecule has 0 radical (unpaired) electrons. The second-order valence-electron chi connectivity index (χ2n) is 5.56. The van der Waals surface area contributed by atoms with Crippen molar-refractivity contribution < 1.29 is 0 Å². The molecule has 0 spiro atoms. The van der Waals surface area contributed by atoms with Crippen LogP contribution in [0.25, 0.3) is 0 Å². The third-order valence-corrected chi connectivity index (χ3v) is 2.74. The molecule has 0 amide bonds. The lowest BCUT2D eigenvalue weighted by Crippen LogP contribution is -2.22. The number of unbranched alkanes of at least 4 members (excludes halogenated alkanes) is 3. The summed E-state index contributed by atoms with van der Waals surface area (Å²) >= 11 is 0. The largest absolute Gasteiger partial charge is 0.311 e. The lowest BCUT2D eigenvalue weighted by molar-refractivity contribution is 0.347. The Morgan fingerprint density at radius 2 is 2.00 bits per heavy atom. The molecule has 0 unspecified atom stereocenters. The fourth-order valence-electron chi connectivity index (χ4n) is 1.60. The summed E-state index contributed by atoms with van der Waals surface area (Å²) in [5.74, 6) is 0. The average molecular weight is 238 g/mol. The highest BCUT2D eigenvalue weighted by Gasteiger charge is 2.14. The second kappa shape index (κ2) is 6.74. The lowest BCUT2D eigenvalue weighted by Gasteiger charge is -2.17. The van der Waals surface area contributed by atoms with E-state index in [1.807, 2.05) is 10.9 Å². The normalized spacial score (nSPS) is 12.0. The van der Waals surface area contributed by atoms with Crippen LogP contribution in [0.5, 0.6) is 0 Å². The number of hydrogen-bond acceptors (Lipinski definition) is 3. The summed E-state index contributed by atoms with van der Waals surface area (Å²) in [5, 5.41) is 11.7. The van der Waals surface area contributed by atoms with Gasteiger partial charge in [-0.25, -0.2) is 4.68 Å². The van der Waals surface area contributed by atoms with Gasteiger partial charge in [-0.05, 0) is 33.7 Å². The van der Waals surface area contributed by atoms with Crippen molar-refractivity contribution in [3.63, 3.8) is 0 Å². The Morgan fingerprint density at radius 1 is 1.24 bits per heavy atom. The van der Waals surface area contributed by atoms with Gasteiger partial charge < -0.3 is 5.32 Å². The maximum atomic E-state index is 4.17. The average Bonchev–Trinajstić information content (AvgIpc) is 2.71. The first-order valence-electron chi connectivity index (χ1n) is 6.66. The van der Waals surface area contributed by atoms with E-state index in [-0.39, 0.29) is 5.54 Å². The molecule has 0 fully saturated rings. The first kappa shape index (κ1) is 14.2. The Kier molecular flexibility index (Phi) is 5.62. The lowest BCUT2D eigenvalue weighted by atomic mass is 10.1. The summed E-state index contributed by atoms with van der Waals surface area (Å²) < 4.78 is 1.92. The first-order valence-corrected chi connectivity index (χ1v) is 6.66. The van der Waals surface area contributed by atoms with Crippen LogP contribution in [0.15, 0.2) is 6.20 Å². The molecule has 98 valence electrons. The number of nitrogens with zero attached hydrogens (tertiary/aromatic N) is 3. The van der Waals surface area contributed by atoms with Crippen molar-refractivity contribution in [2.45, 2.75) is 65.5 Å². The molecule has 1 aromatic heterocycles. The van der Waals surface area contributed by atoms with Crippen molar-refractivity contribution in [1.29, 1.82) is 0 Å². The quantitative estimate of drug-likeness (QED) is 0.743. The van der Waals surface area contributed by atoms with Crippen LogP contribution < -0.4 is 5.32 Å². The van der Waals surface area contributed by atoms with Crippen LogP contribution in [-0.4, -0.2) is 21.5 Å². The van der Waals surface area contributed by atoms with E-state index in [2.05, 4.69) is 43.3 Å². The van der Waals surface area contributed by atoms with Crippen molar-refractivity contribution in [2.75, 3.05) is 6.54 Å². The Balaban J connectivity index is 2.21. The molecule has 0 bridgehead atoms. The molecule has 0 aliphatic rings. The SMILES string of the molecule is CCCCCCNCc1cn(C(C)(C)C)nn1. The molecule has 0 aliphatic carbocycles. The number of rotatable bonds is 7. The third kappa shape index (κ3) is 5.31. The van der Waals surface area contributed by atoms with Crippen LogP contribution in [0.3, 0.4) is 0 Å².